The maximum atomic E-state index is 10.2. The van der Waals surface area contributed by atoms with Crippen molar-refractivity contribution >= 4 is 5.97 Å². The highest BCUT2D eigenvalue weighted by Gasteiger charge is 1.93. The minimum Gasteiger partial charge on any atom is -0.478 e. The average molecular weight is 338 g/mol. The van der Waals surface area contributed by atoms with Crippen LogP contribution >= 0.6 is 0 Å². The fourth-order valence-corrected chi connectivity index (χ4v) is 2.46. The van der Waals surface area contributed by atoms with E-state index in [0.717, 1.165) is 25.3 Å². The van der Waals surface area contributed by atoms with Gasteiger partial charge in [-0.05, 0) is 19.3 Å². The molecule has 0 saturated heterocycles. The van der Waals surface area contributed by atoms with Gasteiger partial charge in [0.1, 0.15) is 0 Å². The van der Waals surface area contributed by atoms with Crippen molar-refractivity contribution in [1.82, 2.24) is 0 Å². The van der Waals surface area contributed by atoms with E-state index in [1.54, 1.807) is 6.08 Å². The first-order valence-electron chi connectivity index (χ1n) is 9.26. The average Bonchev–Trinajstić information content (AvgIpc) is 2.56. The molecule has 4 nitrogen and oxygen atoms in total. The fourth-order valence-electron chi connectivity index (χ4n) is 2.46. The summed E-state index contributed by atoms with van der Waals surface area (Å²) in [4.78, 5) is 14.3. The third kappa shape index (κ3) is 20.6. The largest absolute Gasteiger partial charge is 0.478 e. The summed E-state index contributed by atoms with van der Waals surface area (Å²) in [5.41, 5.74) is 0. The number of carboxylic acids is 1. The summed E-state index contributed by atoms with van der Waals surface area (Å²) in [6, 6.07) is 0. The van der Waals surface area contributed by atoms with Gasteiger partial charge in [0, 0.05) is 6.08 Å². The topological polar surface area (TPSA) is 66.8 Å². The molecule has 2 N–H and O–H groups in total. The van der Waals surface area contributed by atoms with Crippen LogP contribution in [0.4, 0.5) is 0 Å². The molecule has 24 heavy (non-hydrogen) atoms. The number of aliphatic carboxylic acids is 1. The highest BCUT2D eigenvalue weighted by Crippen LogP contribution is 2.12. The molecule has 138 valence electrons. The van der Waals surface area contributed by atoms with Crippen LogP contribution in [-0.2, 0) is 9.68 Å². The Bertz CT molecular complexity index is 359. The molecule has 0 saturated carbocycles. The van der Waals surface area contributed by atoms with E-state index in [9.17, 15) is 4.79 Å². The molecule has 0 aliphatic carbocycles. The van der Waals surface area contributed by atoms with E-state index in [4.69, 9.17) is 10.4 Å². The minimum atomic E-state index is -0.920. The van der Waals surface area contributed by atoms with Crippen molar-refractivity contribution in [2.45, 2.75) is 77.0 Å². The number of carbonyl (C=O) groups is 1. The van der Waals surface area contributed by atoms with Crippen molar-refractivity contribution in [3.8, 4) is 0 Å². The summed E-state index contributed by atoms with van der Waals surface area (Å²) in [6.07, 6.45) is 25.2. The zero-order valence-corrected chi connectivity index (χ0v) is 14.9. The zero-order valence-electron chi connectivity index (χ0n) is 14.9. The summed E-state index contributed by atoms with van der Waals surface area (Å²) in [7, 11) is 0. The summed E-state index contributed by atoms with van der Waals surface area (Å²) in [6.45, 7) is 0.466. The van der Waals surface area contributed by atoms with Gasteiger partial charge in [0.25, 0.3) is 0 Å². The molecular weight excluding hydrogens is 304 g/mol. The number of carboxylic acid groups (broad SMARTS) is 1. The van der Waals surface area contributed by atoms with E-state index in [1.807, 2.05) is 12.2 Å². The second-order valence-corrected chi connectivity index (χ2v) is 6.02. The molecule has 0 atom stereocenters. The van der Waals surface area contributed by atoms with Gasteiger partial charge in [0.2, 0.25) is 0 Å². The Morgan fingerprint density at radius 1 is 0.708 bits per heavy atom. The standard InChI is InChI=1S/C20H34O4/c21-20(22)18-16-14-12-10-8-6-4-2-1-3-5-7-9-11-13-15-17-19-24-23/h8,10,12,14,16,18,23H,1-7,9,11,13,15,17,19H2,(H,21,22). The lowest BCUT2D eigenvalue weighted by atomic mass is 10.1. The molecule has 0 aromatic carbocycles. The van der Waals surface area contributed by atoms with Gasteiger partial charge in [0.15, 0.2) is 0 Å². The third-order valence-corrected chi connectivity index (χ3v) is 3.81. The lowest BCUT2D eigenvalue weighted by molar-refractivity contribution is -0.242. The fraction of sp³-hybridized carbons (Fsp3) is 0.650. The van der Waals surface area contributed by atoms with E-state index in [2.05, 4.69) is 11.0 Å². The SMILES string of the molecule is O=C(O)C=CC=CC=CCCCCCCCCCCCCCOO. The van der Waals surface area contributed by atoms with E-state index in [1.165, 1.54) is 63.9 Å². The molecule has 0 aromatic rings. The Labute approximate surface area is 146 Å². The molecule has 0 aromatic heterocycles. The van der Waals surface area contributed by atoms with E-state index in [0.29, 0.717) is 6.61 Å². The molecule has 0 heterocycles. The third-order valence-electron chi connectivity index (χ3n) is 3.81. The van der Waals surface area contributed by atoms with Crippen molar-refractivity contribution in [2.75, 3.05) is 6.61 Å². The van der Waals surface area contributed by atoms with Gasteiger partial charge < -0.3 is 5.11 Å². The molecule has 0 spiro atoms. The first-order chi connectivity index (χ1) is 11.8. The van der Waals surface area contributed by atoms with Crippen LogP contribution in [0.15, 0.2) is 36.5 Å². The summed E-state index contributed by atoms with van der Waals surface area (Å²) >= 11 is 0. The molecule has 4 heteroatoms. The second-order valence-electron chi connectivity index (χ2n) is 6.02. The van der Waals surface area contributed by atoms with Crippen LogP contribution in [-0.4, -0.2) is 22.9 Å². The van der Waals surface area contributed by atoms with Crippen LogP contribution < -0.4 is 0 Å². The molecule has 0 rings (SSSR count). The Morgan fingerprint density at radius 2 is 1.21 bits per heavy atom. The minimum absolute atomic E-state index is 0.466. The zero-order chi connectivity index (χ0) is 17.7. The van der Waals surface area contributed by atoms with Crippen molar-refractivity contribution in [3.05, 3.63) is 36.5 Å². The Morgan fingerprint density at radius 3 is 1.75 bits per heavy atom. The normalized spacial score (nSPS) is 12.0. The maximum absolute atomic E-state index is 10.2. The monoisotopic (exact) mass is 338 g/mol. The van der Waals surface area contributed by atoms with Gasteiger partial charge >= 0.3 is 5.97 Å². The van der Waals surface area contributed by atoms with Gasteiger partial charge in [0.05, 0.1) is 6.61 Å². The van der Waals surface area contributed by atoms with Gasteiger partial charge in [-0.2, -0.15) is 0 Å². The highest BCUT2D eigenvalue weighted by atomic mass is 17.1. The van der Waals surface area contributed by atoms with Crippen LogP contribution in [0.1, 0.15) is 77.0 Å². The predicted molar refractivity (Wildman–Crippen MR) is 99.0 cm³/mol. The van der Waals surface area contributed by atoms with Gasteiger partial charge in [-0.3, -0.25) is 5.26 Å². The van der Waals surface area contributed by atoms with Crippen molar-refractivity contribution in [2.24, 2.45) is 0 Å². The van der Waals surface area contributed by atoms with Crippen LogP contribution in [0.2, 0.25) is 0 Å². The van der Waals surface area contributed by atoms with Crippen LogP contribution in [0.3, 0.4) is 0 Å². The van der Waals surface area contributed by atoms with Crippen LogP contribution in [0.25, 0.3) is 0 Å². The van der Waals surface area contributed by atoms with Gasteiger partial charge in [-0.15, -0.1) is 0 Å². The van der Waals surface area contributed by atoms with Crippen molar-refractivity contribution < 1.29 is 20.0 Å². The maximum Gasteiger partial charge on any atom is 0.328 e. The van der Waals surface area contributed by atoms with Crippen molar-refractivity contribution in [3.63, 3.8) is 0 Å². The van der Waals surface area contributed by atoms with Crippen LogP contribution in [0.5, 0.6) is 0 Å². The number of rotatable bonds is 17. The molecule has 0 radical (unpaired) electrons. The molecule has 0 unspecified atom stereocenters. The Kier molecular flexibility index (Phi) is 18.5. The van der Waals surface area contributed by atoms with E-state index < -0.39 is 5.97 Å². The summed E-state index contributed by atoms with van der Waals surface area (Å²) < 4.78 is 0. The summed E-state index contributed by atoms with van der Waals surface area (Å²) in [5, 5.41) is 16.6. The lowest BCUT2D eigenvalue weighted by Crippen LogP contribution is -1.88. The number of hydrogen-bond acceptors (Lipinski definition) is 3. The number of unbranched alkanes of at least 4 members (excludes halogenated alkanes) is 11. The van der Waals surface area contributed by atoms with Crippen molar-refractivity contribution in [1.29, 1.82) is 0 Å². The first-order valence-corrected chi connectivity index (χ1v) is 9.26. The second kappa shape index (κ2) is 19.7. The van der Waals surface area contributed by atoms with E-state index >= 15 is 0 Å². The van der Waals surface area contributed by atoms with E-state index in [-0.39, 0.29) is 0 Å². The van der Waals surface area contributed by atoms with Gasteiger partial charge in [-0.1, -0.05) is 88.2 Å². The Balaban J connectivity index is 3.18. The van der Waals surface area contributed by atoms with Gasteiger partial charge in [-0.25, -0.2) is 9.68 Å². The highest BCUT2D eigenvalue weighted by molar-refractivity contribution is 5.80. The lowest BCUT2D eigenvalue weighted by Gasteiger charge is -2.02. The molecule has 0 aliphatic heterocycles. The predicted octanol–water partition coefficient (Wildman–Crippen LogP) is 5.91. The molecular formula is C20H34O4. The van der Waals surface area contributed by atoms with Crippen LogP contribution in [0, 0.1) is 0 Å². The quantitative estimate of drug-likeness (QED) is 0.114. The molecule has 0 aliphatic rings. The first kappa shape index (κ1) is 22.6. The molecule has 0 fully saturated rings. The number of allylic oxidation sites excluding steroid dienone is 5. The summed E-state index contributed by atoms with van der Waals surface area (Å²) in [5.74, 6) is -0.920. The number of hydrogen-bond donors (Lipinski definition) is 2. The molecule has 0 bridgehead atoms. The molecule has 0 amide bonds. The smallest absolute Gasteiger partial charge is 0.328 e. The Hall–Kier alpha value is -1.39.